The third kappa shape index (κ3) is 5.21. The van der Waals surface area contributed by atoms with Gasteiger partial charge < -0.3 is 9.52 Å². The van der Waals surface area contributed by atoms with Crippen molar-refractivity contribution in [1.29, 1.82) is 5.26 Å². The van der Waals surface area contributed by atoms with Crippen LogP contribution in [-0.2, 0) is 6.42 Å². The highest BCUT2D eigenvalue weighted by atomic mass is 16.6. The number of hydrogen-bond acceptors (Lipinski definition) is 7. The van der Waals surface area contributed by atoms with Gasteiger partial charge in [0.1, 0.15) is 0 Å². The summed E-state index contributed by atoms with van der Waals surface area (Å²) in [5.74, 6) is -2.16. The molecule has 4 rings (SSSR count). The van der Waals surface area contributed by atoms with Gasteiger partial charge in [-0.25, -0.2) is 0 Å². The molecule has 4 aromatic rings. The lowest BCUT2D eigenvalue weighted by Crippen LogP contribution is -2.41. The van der Waals surface area contributed by atoms with E-state index in [9.17, 15) is 24.8 Å². The molecule has 36 heavy (non-hydrogen) atoms. The quantitative estimate of drug-likeness (QED) is 0.276. The highest BCUT2D eigenvalue weighted by Gasteiger charge is 2.20. The standard InChI is InChI=1S/C26H18N4O6/c27-15-17-6-4-16(5-7-17)12-18-2-1-3-19(13-18)21-10-11-36-24(21)26(33)29-28-25(32)20-8-9-23(31)22(14-20)30(34)35/h1-11,13-14,31H,12H2,(H,28,32)(H,29,33). The number of phenols is 1. The zero-order chi connectivity index (χ0) is 25.7. The van der Waals surface area contributed by atoms with Crippen molar-refractivity contribution >= 4 is 17.5 Å². The van der Waals surface area contributed by atoms with Gasteiger partial charge in [-0.15, -0.1) is 0 Å². The molecule has 3 N–H and O–H groups in total. The van der Waals surface area contributed by atoms with Crippen molar-refractivity contribution in [2.45, 2.75) is 6.42 Å². The lowest BCUT2D eigenvalue weighted by atomic mass is 9.99. The molecular weight excluding hydrogens is 464 g/mol. The van der Waals surface area contributed by atoms with Crippen LogP contribution in [0.3, 0.4) is 0 Å². The molecule has 0 saturated heterocycles. The summed E-state index contributed by atoms with van der Waals surface area (Å²) in [5, 5.41) is 29.4. The number of amides is 2. The lowest BCUT2D eigenvalue weighted by Gasteiger charge is -2.09. The SMILES string of the molecule is N#Cc1ccc(Cc2cccc(-c3ccoc3C(=O)NNC(=O)c3ccc(O)c([N+](=O)[O-])c3)c2)cc1. The molecule has 1 heterocycles. The first-order valence-corrected chi connectivity index (χ1v) is 10.6. The van der Waals surface area contributed by atoms with Gasteiger partial charge in [-0.1, -0.05) is 36.4 Å². The molecule has 1 aromatic heterocycles. The van der Waals surface area contributed by atoms with Crippen LogP contribution in [0.1, 0.15) is 37.6 Å². The number of benzene rings is 3. The third-order valence-corrected chi connectivity index (χ3v) is 5.32. The van der Waals surface area contributed by atoms with E-state index in [1.54, 1.807) is 18.2 Å². The summed E-state index contributed by atoms with van der Waals surface area (Å²) in [6.45, 7) is 0. The van der Waals surface area contributed by atoms with Crippen molar-refractivity contribution in [2.24, 2.45) is 0 Å². The molecule has 0 radical (unpaired) electrons. The van der Waals surface area contributed by atoms with Gasteiger partial charge in [0.2, 0.25) is 5.76 Å². The zero-order valence-electron chi connectivity index (χ0n) is 18.6. The van der Waals surface area contributed by atoms with Crippen molar-refractivity contribution in [3.8, 4) is 22.9 Å². The van der Waals surface area contributed by atoms with Crippen molar-refractivity contribution in [2.75, 3.05) is 0 Å². The van der Waals surface area contributed by atoms with Crippen LogP contribution in [0, 0.1) is 21.4 Å². The van der Waals surface area contributed by atoms with Gasteiger partial charge in [-0.05, 0) is 53.4 Å². The number of nitrogens with zero attached hydrogens (tertiary/aromatic N) is 2. The highest BCUT2D eigenvalue weighted by molar-refractivity contribution is 6.01. The van der Waals surface area contributed by atoms with Gasteiger partial charge in [0.15, 0.2) is 5.75 Å². The molecular formula is C26H18N4O6. The number of rotatable bonds is 6. The average molecular weight is 482 g/mol. The summed E-state index contributed by atoms with van der Waals surface area (Å²) in [4.78, 5) is 35.2. The summed E-state index contributed by atoms with van der Waals surface area (Å²) >= 11 is 0. The Labute approximate surface area is 204 Å². The molecule has 0 aliphatic heterocycles. The number of nitro groups is 1. The fraction of sp³-hybridized carbons (Fsp3) is 0.0385. The zero-order valence-corrected chi connectivity index (χ0v) is 18.6. The predicted molar refractivity (Wildman–Crippen MR) is 128 cm³/mol. The number of carbonyl (C=O) groups is 2. The van der Waals surface area contributed by atoms with Gasteiger partial charge in [0, 0.05) is 17.2 Å². The summed E-state index contributed by atoms with van der Waals surface area (Å²) in [6, 6.07) is 21.6. The monoisotopic (exact) mass is 482 g/mol. The van der Waals surface area contributed by atoms with Gasteiger partial charge in [-0.3, -0.25) is 30.6 Å². The van der Waals surface area contributed by atoms with Gasteiger partial charge in [0.25, 0.3) is 5.91 Å². The van der Waals surface area contributed by atoms with E-state index in [0.717, 1.165) is 28.8 Å². The van der Waals surface area contributed by atoms with Crippen molar-refractivity contribution < 1.29 is 24.0 Å². The van der Waals surface area contributed by atoms with Crippen LogP contribution in [-0.4, -0.2) is 21.8 Å². The molecule has 0 fully saturated rings. The third-order valence-electron chi connectivity index (χ3n) is 5.32. The highest BCUT2D eigenvalue weighted by Crippen LogP contribution is 2.27. The van der Waals surface area contributed by atoms with E-state index in [2.05, 4.69) is 16.9 Å². The molecule has 10 nitrogen and oxygen atoms in total. The van der Waals surface area contributed by atoms with Gasteiger partial charge >= 0.3 is 11.6 Å². The molecule has 0 unspecified atom stereocenters. The van der Waals surface area contributed by atoms with Crippen LogP contribution in [0.2, 0.25) is 0 Å². The van der Waals surface area contributed by atoms with Crippen LogP contribution in [0.4, 0.5) is 5.69 Å². The van der Waals surface area contributed by atoms with E-state index in [4.69, 9.17) is 9.68 Å². The van der Waals surface area contributed by atoms with Crippen LogP contribution in [0.15, 0.2) is 83.5 Å². The minimum atomic E-state index is -0.824. The molecule has 0 bridgehead atoms. The van der Waals surface area contributed by atoms with Crippen LogP contribution in [0.5, 0.6) is 5.75 Å². The molecule has 2 amide bonds. The second-order valence-corrected chi connectivity index (χ2v) is 7.72. The Morgan fingerprint density at radius 1 is 0.972 bits per heavy atom. The first-order chi connectivity index (χ1) is 17.4. The van der Waals surface area contributed by atoms with E-state index < -0.39 is 28.2 Å². The maximum absolute atomic E-state index is 12.7. The molecule has 0 aliphatic carbocycles. The molecule has 0 atom stereocenters. The van der Waals surface area contributed by atoms with E-state index >= 15 is 0 Å². The Hall–Kier alpha value is -5.43. The lowest BCUT2D eigenvalue weighted by molar-refractivity contribution is -0.385. The predicted octanol–water partition coefficient (Wildman–Crippen LogP) is 4.10. The number of hydrogen-bond donors (Lipinski definition) is 3. The molecule has 0 aliphatic rings. The molecule has 0 spiro atoms. The summed E-state index contributed by atoms with van der Waals surface area (Å²) in [6.07, 6.45) is 1.97. The van der Waals surface area contributed by atoms with E-state index in [-0.39, 0.29) is 11.3 Å². The van der Waals surface area contributed by atoms with Gasteiger partial charge in [-0.2, -0.15) is 5.26 Å². The Kier molecular flexibility index (Phi) is 6.74. The number of furan rings is 1. The van der Waals surface area contributed by atoms with Gasteiger partial charge in [0.05, 0.1) is 22.8 Å². The largest absolute Gasteiger partial charge is 0.502 e. The maximum atomic E-state index is 12.7. The van der Waals surface area contributed by atoms with E-state index in [1.807, 2.05) is 36.4 Å². The maximum Gasteiger partial charge on any atom is 0.311 e. The average Bonchev–Trinajstić information content (AvgIpc) is 3.38. The molecule has 178 valence electrons. The van der Waals surface area contributed by atoms with Crippen molar-refractivity contribution in [1.82, 2.24) is 10.9 Å². The number of nitrogens with one attached hydrogen (secondary N) is 2. The number of phenolic OH excluding ortho intramolecular Hbond substituents is 1. The fourth-order valence-electron chi connectivity index (χ4n) is 3.55. The van der Waals surface area contributed by atoms with Crippen LogP contribution >= 0.6 is 0 Å². The van der Waals surface area contributed by atoms with E-state index in [1.165, 1.54) is 12.3 Å². The first-order valence-electron chi connectivity index (χ1n) is 10.6. The number of aromatic hydroxyl groups is 1. The topological polar surface area (TPSA) is 158 Å². The number of hydrazine groups is 1. The van der Waals surface area contributed by atoms with Crippen LogP contribution in [0.25, 0.3) is 11.1 Å². The van der Waals surface area contributed by atoms with E-state index in [0.29, 0.717) is 17.5 Å². The Morgan fingerprint density at radius 3 is 2.44 bits per heavy atom. The van der Waals surface area contributed by atoms with Crippen LogP contribution < -0.4 is 10.9 Å². The summed E-state index contributed by atoms with van der Waals surface area (Å²) < 4.78 is 5.35. The molecule has 3 aromatic carbocycles. The Morgan fingerprint density at radius 2 is 1.72 bits per heavy atom. The number of nitriles is 1. The Bertz CT molecular complexity index is 1500. The van der Waals surface area contributed by atoms with Crippen molar-refractivity contribution in [3.05, 3.63) is 117 Å². The number of carbonyl (C=O) groups excluding carboxylic acids is 2. The molecule has 0 saturated carbocycles. The summed E-state index contributed by atoms with van der Waals surface area (Å²) in [7, 11) is 0. The second kappa shape index (κ2) is 10.2. The number of nitro benzene ring substituents is 1. The summed E-state index contributed by atoms with van der Waals surface area (Å²) in [5.41, 5.74) is 7.45. The van der Waals surface area contributed by atoms with Crippen molar-refractivity contribution in [3.63, 3.8) is 0 Å². The minimum absolute atomic E-state index is 0.0393. The molecule has 10 heteroatoms. The first kappa shape index (κ1) is 23.7. The second-order valence-electron chi connectivity index (χ2n) is 7.72. The normalized spacial score (nSPS) is 10.3. The smallest absolute Gasteiger partial charge is 0.311 e. The fourth-order valence-corrected chi connectivity index (χ4v) is 3.55. The Balaban J connectivity index is 1.47. The minimum Gasteiger partial charge on any atom is -0.502 e.